The van der Waals surface area contributed by atoms with E-state index >= 15 is 0 Å². The van der Waals surface area contributed by atoms with E-state index in [2.05, 4.69) is 58.4 Å². The first-order valence-electron chi connectivity index (χ1n) is 6.91. The molecule has 0 spiro atoms. The Kier molecular flexibility index (Phi) is 5.07. The monoisotopic (exact) mass is 270 g/mol. The molecule has 1 heterocycles. The van der Waals surface area contributed by atoms with E-state index in [0.29, 0.717) is 6.04 Å². The van der Waals surface area contributed by atoms with E-state index in [-0.39, 0.29) is 0 Å². The van der Waals surface area contributed by atoms with Crippen LogP contribution in [0.5, 0.6) is 0 Å². The van der Waals surface area contributed by atoms with Gasteiger partial charge in [0.25, 0.3) is 0 Å². The zero-order valence-corrected chi connectivity index (χ0v) is 12.4. The van der Waals surface area contributed by atoms with Gasteiger partial charge in [0, 0.05) is 30.9 Å². The molecule has 0 saturated heterocycles. The molecule has 0 radical (unpaired) electrons. The smallest absolute Gasteiger partial charge is 0.129 e. The normalized spacial score (nSPS) is 12.4. The molecule has 0 saturated carbocycles. The van der Waals surface area contributed by atoms with Gasteiger partial charge in [-0.05, 0) is 26.5 Å². The molecule has 0 fully saturated rings. The highest BCUT2D eigenvalue weighted by atomic mass is 15.1. The number of nitrogens with one attached hydrogen (secondary N) is 1. The summed E-state index contributed by atoms with van der Waals surface area (Å²) in [7, 11) is 2.14. The molecule has 1 unspecified atom stereocenters. The number of nitrogens with zero attached hydrogens (tertiary/aromatic N) is 3. The Hall–Kier alpha value is -1.94. The predicted octanol–water partition coefficient (Wildman–Crippen LogP) is 2.72. The van der Waals surface area contributed by atoms with Crippen LogP contribution < -0.4 is 5.32 Å². The van der Waals surface area contributed by atoms with Crippen molar-refractivity contribution in [3.05, 3.63) is 54.0 Å². The van der Waals surface area contributed by atoms with Crippen molar-refractivity contribution in [3.8, 4) is 0 Å². The second-order valence-electron chi connectivity index (χ2n) is 5.27. The largest absolute Gasteiger partial charge is 0.366 e. The Morgan fingerprint density at radius 3 is 2.65 bits per heavy atom. The lowest BCUT2D eigenvalue weighted by atomic mass is 10.2. The van der Waals surface area contributed by atoms with E-state index in [4.69, 9.17) is 0 Å². The zero-order chi connectivity index (χ0) is 14.4. The van der Waals surface area contributed by atoms with Crippen molar-refractivity contribution < 1.29 is 0 Å². The average molecular weight is 270 g/mol. The second kappa shape index (κ2) is 7.01. The Morgan fingerprint density at radius 1 is 1.20 bits per heavy atom. The quantitative estimate of drug-likeness (QED) is 0.876. The van der Waals surface area contributed by atoms with Crippen LogP contribution in [0.25, 0.3) is 0 Å². The highest BCUT2D eigenvalue weighted by Crippen LogP contribution is 2.07. The Bertz CT molecular complexity index is 527. The third-order valence-corrected chi connectivity index (χ3v) is 3.08. The summed E-state index contributed by atoms with van der Waals surface area (Å²) in [6.45, 7) is 6.05. The van der Waals surface area contributed by atoms with Crippen molar-refractivity contribution in [2.75, 3.05) is 18.9 Å². The molecule has 0 aliphatic rings. The van der Waals surface area contributed by atoms with Gasteiger partial charge in [0.15, 0.2) is 0 Å². The Labute approximate surface area is 120 Å². The van der Waals surface area contributed by atoms with Crippen molar-refractivity contribution >= 4 is 5.82 Å². The molecule has 1 atom stereocenters. The third kappa shape index (κ3) is 4.63. The standard InChI is InChI=1S/C16H22N4/c1-13-9-16(18-12-17-13)19-14(2)10-20(3)11-15-7-5-4-6-8-15/h4-9,12,14H,10-11H2,1-3H3,(H,17,18,19). The summed E-state index contributed by atoms with van der Waals surface area (Å²) in [6.07, 6.45) is 1.60. The van der Waals surface area contributed by atoms with E-state index in [1.807, 2.05) is 19.1 Å². The van der Waals surface area contributed by atoms with Gasteiger partial charge in [0.2, 0.25) is 0 Å². The lowest BCUT2D eigenvalue weighted by Crippen LogP contribution is -2.32. The lowest BCUT2D eigenvalue weighted by molar-refractivity contribution is 0.316. The van der Waals surface area contributed by atoms with Gasteiger partial charge >= 0.3 is 0 Å². The van der Waals surface area contributed by atoms with Crippen LogP contribution in [0.3, 0.4) is 0 Å². The SMILES string of the molecule is Cc1cc(NC(C)CN(C)Cc2ccccc2)ncn1. The minimum absolute atomic E-state index is 0.331. The van der Waals surface area contributed by atoms with E-state index in [9.17, 15) is 0 Å². The maximum atomic E-state index is 4.23. The van der Waals surface area contributed by atoms with Crippen LogP contribution in [-0.2, 0) is 6.54 Å². The van der Waals surface area contributed by atoms with Gasteiger partial charge in [0.1, 0.15) is 12.1 Å². The lowest BCUT2D eigenvalue weighted by Gasteiger charge is -2.22. The highest BCUT2D eigenvalue weighted by Gasteiger charge is 2.07. The summed E-state index contributed by atoms with van der Waals surface area (Å²) in [5, 5.41) is 3.41. The van der Waals surface area contributed by atoms with Crippen molar-refractivity contribution in [2.45, 2.75) is 26.4 Å². The second-order valence-corrected chi connectivity index (χ2v) is 5.27. The minimum atomic E-state index is 0.331. The van der Waals surface area contributed by atoms with Crippen LogP contribution in [0.15, 0.2) is 42.7 Å². The fourth-order valence-electron chi connectivity index (χ4n) is 2.26. The van der Waals surface area contributed by atoms with E-state index in [1.54, 1.807) is 6.33 Å². The topological polar surface area (TPSA) is 41.0 Å². The number of hydrogen-bond donors (Lipinski definition) is 1. The van der Waals surface area contributed by atoms with E-state index in [1.165, 1.54) is 5.56 Å². The van der Waals surface area contributed by atoms with Gasteiger partial charge in [-0.3, -0.25) is 0 Å². The van der Waals surface area contributed by atoms with E-state index in [0.717, 1.165) is 24.6 Å². The van der Waals surface area contributed by atoms with Crippen molar-refractivity contribution in [2.24, 2.45) is 0 Å². The molecular weight excluding hydrogens is 248 g/mol. The summed E-state index contributed by atoms with van der Waals surface area (Å²) >= 11 is 0. The Morgan fingerprint density at radius 2 is 1.95 bits per heavy atom. The van der Waals surface area contributed by atoms with Crippen LogP contribution in [0.1, 0.15) is 18.2 Å². The number of aryl methyl sites for hydroxylation is 1. The third-order valence-electron chi connectivity index (χ3n) is 3.08. The molecule has 1 N–H and O–H groups in total. The zero-order valence-electron chi connectivity index (χ0n) is 12.4. The molecule has 106 valence electrons. The summed E-state index contributed by atoms with van der Waals surface area (Å²) < 4.78 is 0. The molecule has 2 aromatic rings. The van der Waals surface area contributed by atoms with Crippen molar-refractivity contribution in [1.82, 2.24) is 14.9 Å². The fraction of sp³-hybridized carbons (Fsp3) is 0.375. The molecule has 0 aliphatic carbocycles. The number of anilines is 1. The molecule has 0 amide bonds. The molecule has 20 heavy (non-hydrogen) atoms. The number of likely N-dealkylation sites (N-methyl/N-ethyl adjacent to an activating group) is 1. The van der Waals surface area contributed by atoms with Crippen LogP contribution in [0.4, 0.5) is 5.82 Å². The first-order valence-corrected chi connectivity index (χ1v) is 6.91. The first-order chi connectivity index (χ1) is 9.63. The number of hydrogen-bond acceptors (Lipinski definition) is 4. The van der Waals surface area contributed by atoms with Gasteiger partial charge in [-0.2, -0.15) is 0 Å². The molecule has 1 aromatic carbocycles. The summed E-state index contributed by atoms with van der Waals surface area (Å²) in [5.41, 5.74) is 2.31. The molecule has 4 heteroatoms. The molecule has 1 aromatic heterocycles. The molecular formula is C16H22N4. The average Bonchev–Trinajstić information content (AvgIpc) is 2.39. The predicted molar refractivity (Wildman–Crippen MR) is 82.6 cm³/mol. The summed E-state index contributed by atoms with van der Waals surface area (Å²) in [4.78, 5) is 10.6. The van der Waals surface area contributed by atoms with Gasteiger partial charge < -0.3 is 10.2 Å². The molecule has 2 rings (SSSR count). The summed E-state index contributed by atoms with van der Waals surface area (Å²) in [6, 6.07) is 12.8. The van der Waals surface area contributed by atoms with Crippen molar-refractivity contribution in [1.29, 1.82) is 0 Å². The number of aromatic nitrogens is 2. The van der Waals surface area contributed by atoms with Crippen LogP contribution in [-0.4, -0.2) is 34.5 Å². The van der Waals surface area contributed by atoms with Crippen molar-refractivity contribution in [3.63, 3.8) is 0 Å². The minimum Gasteiger partial charge on any atom is -0.366 e. The number of benzene rings is 1. The van der Waals surface area contributed by atoms with Crippen LogP contribution in [0, 0.1) is 6.92 Å². The highest BCUT2D eigenvalue weighted by molar-refractivity contribution is 5.35. The fourth-order valence-corrected chi connectivity index (χ4v) is 2.26. The first kappa shape index (κ1) is 14.5. The van der Waals surface area contributed by atoms with Crippen LogP contribution in [0.2, 0.25) is 0 Å². The number of rotatable bonds is 6. The van der Waals surface area contributed by atoms with E-state index < -0.39 is 0 Å². The van der Waals surface area contributed by atoms with Gasteiger partial charge in [-0.15, -0.1) is 0 Å². The molecule has 0 bridgehead atoms. The Balaban J connectivity index is 1.83. The molecule has 0 aliphatic heterocycles. The van der Waals surface area contributed by atoms with Gasteiger partial charge in [0.05, 0.1) is 0 Å². The summed E-state index contributed by atoms with van der Waals surface area (Å²) in [5.74, 6) is 0.887. The van der Waals surface area contributed by atoms with Gasteiger partial charge in [-0.1, -0.05) is 30.3 Å². The maximum Gasteiger partial charge on any atom is 0.129 e. The maximum absolute atomic E-state index is 4.23. The molecule has 4 nitrogen and oxygen atoms in total. The van der Waals surface area contributed by atoms with Crippen LogP contribution >= 0.6 is 0 Å². The van der Waals surface area contributed by atoms with Gasteiger partial charge in [-0.25, -0.2) is 9.97 Å².